The lowest BCUT2D eigenvalue weighted by atomic mass is 10.1. The maximum absolute atomic E-state index is 13.0. The number of amides is 1. The van der Waals surface area contributed by atoms with E-state index in [0.29, 0.717) is 5.17 Å². The number of nitrogens with zero attached hydrogens (tertiary/aromatic N) is 1. The average molecular weight is 401 g/mol. The first-order chi connectivity index (χ1) is 13.4. The van der Waals surface area contributed by atoms with Crippen molar-refractivity contribution in [1.82, 2.24) is 0 Å². The van der Waals surface area contributed by atoms with Crippen LogP contribution in [0.2, 0.25) is 0 Å². The standard InChI is InChI=1S/C20H14F3N3OS/c21-20(22,23)13-7-1-2-8-14(13)24-17(27)11-28-19-25-15-9-3-5-12-6-4-10-16(26-19)18(12)15/h1-10H,11H2,(H,24,27)(H,25,26). The number of halogens is 3. The molecule has 0 saturated carbocycles. The Balaban J connectivity index is 1.47. The smallest absolute Gasteiger partial charge is 0.334 e. The first kappa shape index (κ1) is 18.4. The van der Waals surface area contributed by atoms with Crippen LogP contribution in [0.25, 0.3) is 10.8 Å². The van der Waals surface area contributed by atoms with Gasteiger partial charge in [0, 0.05) is 5.39 Å². The molecule has 1 aliphatic heterocycles. The number of para-hydroxylation sites is 1. The fourth-order valence-corrected chi connectivity index (χ4v) is 3.68. The third-order valence-electron chi connectivity index (χ3n) is 4.19. The van der Waals surface area contributed by atoms with Crippen LogP contribution in [-0.4, -0.2) is 16.8 Å². The van der Waals surface area contributed by atoms with Crippen LogP contribution in [0, 0.1) is 0 Å². The van der Waals surface area contributed by atoms with Crippen molar-refractivity contribution in [2.45, 2.75) is 6.18 Å². The average Bonchev–Trinajstić information content (AvgIpc) is 2.66. The Morgan fingerprint density at radius 1 is 1.04 bits per heavy atom. The fraction of sp³-hybridized carbons (Fsp3) is 0.100. The Morgan fingerprint density at radius 3 is 2.57 bits per heavy atom. The molecule has 0 bridgehead atoms. The maximum atomic E-state index is 13.0. The molecule has 0 aliphatic carbocycles. The highest BCUT2D eigenvalue weighted by Gasteiger charge is 2.33. The molecule has 0 spiro atoms. The molecule has 2 N–H and O–H groups in total. The van der Waals surface area contributed by atoms with Gasteiger partial charge in [-0.15, -0.1) is 0 Å². The molecule has 0 fully saturated rings. The van der Waals surface area contributed by atoms with E-state index in [9.17, 15) is 18.0 Å². The van der Waals surface area contributed by atoms with Gasteiger partial charge in [0.05, 0.1) is 28.4 Å². The number of alkyl halides is 3. The summed E-state index contributed by atoms with van der Waals surface area (Å²) in [7, 11) is 0. The molecule has 4 rings (SSSR count). The predicted molar refractivity (Wildman–Crippen MR) is 107 cm³/mol. The van der Waals surface area contributed by atoms with Crippen molar-refractivity contribution in [1.29, 1.82) is 0 Å². The molecule has 0 radical (unpaired) electrons. The molecule has 0 aromatic heterocycles. The summed E-state index contributed by atoms with van der Waals surface area (Å²) in [6, 6.07) is 16.5. The van der Waals surface area contributed by atoms with Gasteiger partial charge < -0.3 is 10.6 Å². The summed E-state index contributed by atoms with van der Waals surface area (Å²) in [5.41, 5.74) is 0.543. The maximum Gasteiger partial charge on any atom is 0.418 e. The highest BCUT2D eigenvalue weighted by atomic mass is 32.2. The molecule has 0 unspecified atom stereocenters. The quantitative estimate of drug-likeness (QED) is 0.597. The Labute approximate surface area is 162 Å². The van der Waals surface area contributed by atoms with E-state index < -0.39 is 17.6 Å². The topological polar surface area (TPSA) is 53.5 Å². The van der Waals surface area contributed by atoms with E-state index in [2.05, 4.69) is 15.6 Å². The van der Waals surface area contributed by atoms with Gasteiger partial charge in [-0.3, -0.25) is 4.79 Å². The minimum absolute atomic E-state index is 0.0732. The number of amidine groups is 1. The highest BCUT2D eigenvalue weighted by Crippen LogP contribution is 2.37. The van der Waals surface area contributed by atoms with Crippen LogP contribution in [0.3, 0.4) is 0 Å². The van der Waals surface area contributed by atoms with Crippen molar-refractivity contribution in [3.8, 4) is 0 Å². The van der Waals surface area contributed by atoms with Gasteiger partial charge in [-0.05, 0) is 29.7 Å². The van der Waals surface area contributed by atoms with Gasteiger partial charge >= 0.3 is 6.18 Å². The van der Waals surface area contributed by atoms with Gasteiger partial charge in [0.25, 0.3) is 0 Å². The number of carbonyl (C=O) groups excluding carboxylic acids is 1. The van der Waals surface area contributed by atoms with Crippen molar-refractivity contribution in [3.63, 3.8) is 0 Å². The van der Waals surface area contributed by atoms with Crippen LogP contribution in [0.15, 0.2) is 65.7 Å². The third-order valence-corrected chi connectivity index (χ3v) is 5.07. The Bertz CT molecular complexity index is 1090. The van der Waals surface area contributed by atoms with Crippen molar-refractivity contribution >= 4 is 50.7 Å². The van der Waals surface area contributed by atoms with Crippen molar-refractivity contribution in [2.24, 2.45) is 4.99 Å². The normalized spacial score (nSPS) is 13.0. The number of thioether (sulfide) groups is 1. The largest absolute Gasteiger partial charge is 0.418 e. The Hall–Kier alpha value is -3.00. The van der Waals surface area contributed by atoms with E-state index in [0.717, 1.165) is 40.0 Å². The number of carbonyl (C=O) groups is 1. The molecule has 3 aromatic carbocycles. The summed E-state index contributed by atoms with van der Waals surface area (Å²) in [5.74, 6) is -0.612. The van der Waals surface area contributed by atoms with Crippen LogP contribution in [0.5, 0.6) is 0 Å². The molecule has 0 saturated heterocycles. The molecular weight excluding hydrogens is 387 g/mol. The molecule has 1 amide bonds. The molecule has 142 valence electrons. The zero-order chi connectivity index (χ0) is 19.7. The number of rotatable bonds is 3. The second-order valence-corrected chi connectivity index (χ2v) is 7.07. The van der Waals surface area contributed by atoms with E-state index in [1.54, 1.807) is 0 Å². The second kappa shape index (κ2) is 7.20. The molecule has 4 nitrogen and oxygen atoms in total. The summed E-state index contributed by atoms with van der Waals surface area (Å²) in [4.78, 5) is 16.7. The van der Waals surface area contributed by atoms with E-state index in [4.69, 9.17) is 0 Å². The SMILES string of the molecule is O=C(CSC1=Nc2cccc3cccc(c23)N1)Nc1ccccc1C(F)(F)F. The monoisotopic (exact) mass is 401 g/mol. The van der Waals surface area contributed by atoms with Gasteiger partial charge in [0.2, 0.25) is 5.91 Å². The van der Waals surface area contributed by atoms with Crippen LogP contribution < -0.4 is 10.6 Å². The van der Waals surface area contributed by atoms with Gasteiger partial charge in [-0.2, -0.15) is 13.2 Å². The number of nitrogens with one attached hydrogen (secondary N) is 2. The number of benzene rings is 3. The highest BCUT2D eigenvalue weighted by molar-refractivity contribution is 8.14. The van der Waals surface area contributed by atoms with Crippen LogP contribution in [-0.2, 0) is 11.0 Å². The second-order valence-electron chi connectivity index (χ2n) is 6.10. The zero-order valence-electron chi connectivity index (χ0n) is 14.4. The summed E-state index contributed by atoms with van der Waals surface area (Å²) in [6.45, 7) is 0. The lowest BCUT2D eigenvalue weighted by molar-refractivity contribution is -0.137. The number of hydrogen-bond acceptors (Lipinski definition) is 4. The van der Waals surface area contributed by atoms with Crippen LogP contribution >= 0.6 is 11.8 Å². The van der Waals surface area contributed by atoms with E-state index >= 15 is 0 Å². The number of hydrogen-bond donors (Lipinski definition) is 2. The Kier molecular flexibility index (Phi) is 4.72. The summed E-state index contributed by atoms with van der Waals surface area (Å²) < 4.78 is 39.1. The molecule has 8 heteroatoms. The van der Waals surface area contributed by atoms with Gasteiger partial charge in [0.15, 0.2) is 5.17 Å². The first-order valence-electron chi connectivity index (χ1n) is 8.38. The van der Waals surface area contributed by atoms with E-state index in [1.165, 1.54) is 18.2 Å². The van der Waals surface area contributed by atoms with Crippen LogP contribution in [0.1, 0.15) is 5.56 Å². The minimum Gasteiger partial charge on any atom is -0.334 e. The molecule has 1 heterocycles. The first-order valence-corrected chi connectivity index (χ1v) is 9.37. The fourth-order valence-electron chi connectivity index (χ4n) is 3.00. The molecule has 0 atom stereocenters. The molecule has 28 heavy (non-hydrogen) atoms. The van der Waals surface area contributed by atoms with E-state index in [-0.39, 0.29) is 11.4 Å². The van der Waals surface area contributed by atoms with Gasteiger partial charge in [-0.1, -0.05) is 48.2 Å². The molecule has 3 aromatic rings. The van der Waals surface area contributed by atoms with Crippen LogP contribution in [0.4, 0.5) is 30.2 Å². The minimum atomic E-state index is -4.53. The summed E-state index contributed by atoms with van der Waals surface area (Å²) in [6.07, 6.45) is -4.53. The van der Waals surface area contributed by atoms with E-state index in [1.807, 2.05) is 36.4 Å². The third kappa shape index (κ3) is 3.68. The van der Waals surface area contributed by atoms with Gasteiger partial charge in [-0.25, -0.2) is 4.99 Å². The number of anilines is 2. The van der Waals surface area contributed by atoms with Crippen molar-refractivity contribution < 1.29 is 18.0 Å². The van der Waals surface area contributed by atoms with Gasteiger partial charge in [0.1, 0.15) is 0 Å². The molecular formula is C20H14F3N3OS. The zero-order valence-corrected chi connectivity index (χ0v) is 15.2. The predicted octanol–water partition coefficient (Wildman–Crippen LogP) is 5.64. The lowest BCUT2D eigenvalue weighted by Gasteiger charge is -2.18. The molecule has 1 aliphatic rings. The summed E-state index contributed by atoms with van der Waals surface area (Å²) in [5, 5.41) is 8.07. The number of aliphatic imine (C=N–C) groups is 1. The van der Waals surface area contributed by atoms with Crippen molar-refractivity contribution in [3.05, 3.63) is 66.2 Å². The summed E-state index contributed by atoms with van der Waals surface area (Å²) >= 11 is 1.13. The Morgan fingerprint density at radius 2 is 1.79 bits per heavy atom. The lowest BCUT2D eigenvalue weighted by Crippen LogP contribution is -2.20. The van der Waals surface area contributed by atoms with Crippen molar-refractivity contribution in [2.75, 3.05) is 16.4 Å².